The van der Waals surface area contributed by atoms with E-state index in [0.29, 0.717) is 40.7 Å². The number of rotatable bonds is 8. The van der Waals surface area contributed by atoms with Crippen LogP contribution in [0.4, 0.5) is 5.69 Å². The number of anilines is 1. The number of amides is 1. The summed E-state index contributed by atoms with van der Waals surface area (Å²) < 4.78 is 17.0. The summed E-state index contributed by atoms with van der Waals surface area (Å²) in [7, 11) is 1.53. The summed E-state index contributed by atoms with van der Waals surface area (Å²) >= 11 is 0. The van der Waals surface area contributed by atoms with Gasteiger partial charge in [0.2, 0.25) is 0 Å². The van der Waals surface area contributed by atoms with Gasteiger partial charge in [0, 0.05) is 11.3 Å². The number of hydrogen-bond acceptors (Lipinski definition) is 6. The lowest BCUT2D eigenvalue weighted by Crippen LogP contribution is -2.29. The molecule has 1 heterocycles. The number of carbonyl (C=O) groups excluding carboxylic acids is 2. The van der Waals surface area contributed by atoms with Gasteiger partial charge in [-0.15, -0.1) is 0 Å². The molecular formula is C31H33NO6. The minimum atomic E-state index is -0.881. The molecule has 38 heavy (non-hydrogen) atoms. The summed E-state index contributed by atoms with van der Waals surface area (Å²) in [5.41, 5.74) is 3.31. The Morgan fingerprint density at radius 3 is 2.34 bits per heavy atom. The Labute approximate surface area is 223 Å². The molecular weight excluding hydrogens is 482 g/mol. The van der Waals surface area contributed by atoms with Gasteiger partial charge in [0.25, 0.3) is 11.7 Å². The van der Waals surface area contributed by atoms with E-state index < -0.39 is 17.7 Å². The highest BCUT2D eigenvalue weighted by atomic mass is 16.5. The molecule has 1 amide bonds. The Hall–Kier alpha value is -4.26. The molecule has 7 nitrogen and oxygen atoms in total. The van der Waals surface area contributed by atoms with Crippen molar-refractivity contribution in [3.63, 3.8) is 0 Å². The molecule has 7 heteroatoms. The van der Waals surface area contributed by atoms with Crippen molar-refractivity contribution in [3.05, 3.63) is 88.5 Å². The standard InChI is InChI=1S/C31H33NO6/c1-7-37-25-14-11-21(17-26(25)36-6)28-27(29(33)22-12-13-24(20(5)16-22)38-18(2)3)30(34)31(35)32(28)23-10-8-9-19(4)15-23/h8-18,28,33H,7H2,1-6H3/b29-27-. The number of methoxy groups -OCH3 is 1. The second kappa shape index (κ2) is 11.0. The van der Waals surface area contributed by atoms with Gasteiger partial charge in [-0.2, -0.15) is 0 Å². The summed E-state index contributed by atoms with van der Waals surface area (Å²) in [6.45, 7) is 9.98. The highest BCUT2D eigenvalue weighted by Gasteiger charge is 2.47. The van der Waals surface area contributed by atoms with Crippen LogP contribution in [0.25, 0.3) is 5.76 Å². The third-order valence-corrected chi connectivity index (χ3v) is 6.34. The van der Waals surface area contributed by atoms with Gasteiger partial charge < -0.3 is 19.3 Å². The Balaban J connectivity index is 1.92. The molecule has 1 unspecified atom stereocenters. The quantitative estimate of drug-likeness (QED) is 0.221. The smallest absolute Gasteiger partial charge is 0.300 e. The molecule has 3 aromatic carbocycles. The van der Waals surface area contributed by atoms with Gasteiger partial charge in [-0.3, -0.25) is 14.5 Å². The average molecular weight is 516 g/mol. The van der Waals surface area contributed by atoms with Gasteiger partial charge in [0.05, 0.1) is 31.4 Å². The van der Waals surface area contributed by atoms with Crippen LogP contribution in [-0.4, -0.2) is 36.6 Å². The van der Waals surface area contributed by atoms with Crippen LogP contribution in [0.15, 0.2) is 66.2 Å². The van der Waals surface area contributed by atoms with Gasteiger partial charge in [-0.25, -0.2) is 0 Å². The zero-order valence-corrected chi connectivity index (χ0v) is 22.6. The molecule has 1 saturated heterocycles. The van der Waals surface area contributed by atoms with Crippen LogP contribution < -0.4 is 19.1 Å². The first-order valence-electron chi connectivity index (χ1n) is 12.6. The van der Waals surface area contributed by atoms with E-state index in [9.17, 15) is 14.7 Å². The molecule has 0 spiro atoms. The highest BCUT2D eigenvalue weighted by molar-refractivity contribution is 6.51. The Morgan fingerprint density at radius 2 is 1.71 bits per heavy atom. The van der Waals surface area contributed by atoms with Crippen LogP contribution in [0.5, 0.6) is 17.2 Å². The van der Waals surface area contributed by atoms with Gasteiger partial charge in [-0.1, -0.05) is 18.2 Å². The normalized spacial score (nSPS) is 16.7. The predicted molar refractivity (Wildman–Crippen MR) is 147 cm³/mol. The zero-order valence-electron chi connectivity index (χ0n) is 22.6. The molecule has 198 valence electrons. The predicted octanol–water partition coefficient (Wildman–Crippen LogP) is 6.12. The lowest BCUT2D eigenvalue weighted by molar-refractivity contribution is -0.132. The van der Waals surface area contributed by atoms with Crippen molar-refractivity contribution < 1.29 is 28.9 Å². The molecule has 0 radical (unpaired) electrons. The minimum absolute atomic E-state index is 0.000327. The van der Waals surface area contributed by atoms with Crippen molar-refractivity contribution in [1.82, 2.24) is 0 Å². The molecule has 1 fully saturated rings. The van der Waals surface area contributed by atoms with Crippen LogP contribution in [0.2, 0.25) is 0 Å². The van der Waals surface area contributed by atoms with Crippen molar-refractivity contribution >= 4 is 23.1 Å². The van der Waals surface area contributed by atoms with Crippen molar-refractivity contribution in [3.8, 4) is 17.2 Å². The first-order valence-corrected chi connectivity index (χ1v) is 12.6. The molecule has 0 saturated carbocycles. The second-order valence-corrected chi connectivity index (χ2v) is 9.50. The lowest BCUT2D eigenvalue weighted by atomic mass is 9.94. The van der Waals surface area contributed by atoms with E-state index in [4.69, 9.17) is 14.2 Å². The molecule has 1 atom stereocenters. The Morgan fingerprint density at radius 1 is 0.974 bits per heavy atom. The number of aryl methyl sites for hydroxylation is 2. The second-order valence-electron chi connectivity index (χ2n) is 9.50. The lowest BCUT2D eigenvalue weighted by Gasteiger charge is -2.26. The van der Waals surface area contributed by atoms with E-state index in [-0.39, 0.29) is 17.4 Å². The maximum Gasteiger partial charge on any atom is 0.300 e. The van der Waals surface area contributed by atoms with E-state index in [1.807, 2.05) is 52.8 Å². The number of hydrogen-bond donors (Lipinski definition) is 1. The summed E-state index contributed by atoms with van der Waals surface area (Å²) in [4.78, 5) is 28.4. The van der Waals surface area contributed by atoms with E-state index in [1.165, 1.54) is 12.0 Å². The third kappa shape index (κ3) is 5.09. The summed E-state index contributed by atoms with van der Waals surface area (Å²) in [5.74, 6) is -0.0403. The molecule has 0 aromatic heterocycles. The fourth-order valence-electron chi connectivity index (χ4n) is 4.66. The maximum absolute atomic E-state index is 13.5. The molecule has 4 rings (SSSR count). The monoisotopic (exact) mass is 515 g/mol. The number of carbonyl (C=O) groups is 2. The molecule has 1 aliphatic rings. The van der Waals surface area contributed by atoms with Crippen LogP contribution >= 0.6 is 0 Å². The number of Topliss-reactive ketones (excluding diaryl/α,β-unsaturated/α-hetero) is 1. The zero-order chi connectivity index (χ0) is 27.6. The number of ketones is 1. The Kier molecular flexibility index (Phi) is 7.76. The average Bonchev–Trinajstić information content (AvgIpc) is 3.15. The molecule has 0 aliphatic carbocycles. The van der Waals surface area contributed by atoms with Gasteiger partial charge in [0.1, 0.15) is 11.5 Å². The fraction of sp³-hybridized carbons (Fsp3) is 0.290. The number of aliphatic hydroxyl groups excluding tert-OH is 1. The SMILES string of the molecule is CCOc1ccc(C2/C(=C(/O)c3ccc(OC(C)C)c(C)c3)C(=O)C(=O)N2c2cccc(C)c2)cc1OC. The van der Waals surface area contributed by atoms with Gasteiger partial charge in [-0.05, 0) is 93.8 Å². The number of nitrogens with zero attached hydrogens (tertiary/aromatic N) is 1. The van der Waals surface area contributed by atoms with Crippen molar-refractivity contribution in [2.45, 2.75) is 46.8 Å². The fourth-order valence-corrected chi connectivity index (χ4v) is 4.66. The number of aliphatic hydroxyl groups is 1. The van der Waals surface area contributed by atoms with Crippen LogP contribution in [-0.2, 0) is 9.59 Å². The summed E-state index contributed by atoms with van der Waals surface area (Å²) in [6.07, 6.45) is -0.0116. The maximum atomic E-state index is 13.5. The number of ether oxygens (including phenoxy) is 3. The highest BCUT2D eigenvalue weighted by Crippen LogP contribution is 2.44. The number of benzene rings is 3. The Bertz CT molecular complexity index is 1410. The molecule has 1 N–H and O–H groups in total. The largest absolute Gasteiger partial charge is 0.507 e. The molecule has 0 bridgehead atoms. The van der Waals surface area contributed by atoms with Gasteiger partial charge >= 0.3 is 0 Å². The van der Waals surface area contributed by atoms with E-state index in [0.717, 1.165) is 11.1 Å². The van der Waals surface area contributed by atoms with E-state index >= 15 is 0 Å². The van der Waals surface area contributed by atoms with Crippen molar-refractivity contribution in [2.75, 3.05) is 18.6 Å². The van der Waals surface area contributed by atoms with Crippen molar-refractivity contribution in [2.24, 2.45) is 0 Å². The van der Waals surface area contributed by atoms with E-state index in [1.54, 1.807) is 42.5 Å². The molecule has 3 aromatic rings. The topological polar surface area (TPSA) is 85.3 Å². The van der Waals surface area contributed by atoms with Crippen LogP contribution in [0.3, 0.4) is 0 Å². The minimum Gasteiger partial charge on any atom is -0.507 e. The summed E-state index contributed by atoms with van der Waals surface area (Å²) in [5, 5.41) is 11.5. The summed E-state index contributed by atoms with van der Waals surface area (Å²) in [6, 6.07) is 17.0. The van der Waals surface area contributed by atoms with E-state index in [2.05, 4.69) is 0 Å². The van der Waals surface area contributed by atoms with Crippen LogP contribution in [0, 0.1) is 13.8 Å². The molecule has 1 aliphatic heterocycles. The first-order chi connectivity index (χ1) is 18.2. The third-order valence-electron chi connectivity index (χ3n) is 6.34. The van der Waals surface area contributed by atoms with Gasteiger partial charge in [0.15, 0.2) is 11.5 Å². The van der Waals surface area contributed by atoms with Crippen molar-refractivity contribution in [1.29, 1.82) is 0 Å². The van der Waals surface area contributed by atoms with Crippen LogP contribution in [0.1, 0.15) is 49.1 Å². The first kappa shape index (κ1) is 26.8.